The van der Waals surface area contributed by atoms with Gasteiger partial charge in [0.15, 0.2) is 5.17 Å². The Bertz CT molecular complexity index is 1150. The number of hydrogen-bond acceptors (Lipinski definition) is 7. The quantitative estimate of drug-likeness (QED) is 0.350. The van der Waals surface area contributed by atoms with Crippen LogP contribution < -0.4 is 10.1 Å². The van der Waals surface area contributed by atoms with Crippen molar-refractivity contribution < 1.29 is 19.2 Å². The van der Waals surface area contributed by atoms with Crippen LogP contribution in [0.5, 0.6) is 5.75 Å². The number of carbonyl (C=O) groups excluding carboxylic acids is 2. The summed E-state index contributed by atoms with van der Waals surface area (Å²) in [6, 6.07) is 9.76. The van der Waals surface area contributed by atoms with Crippen molar-refractivity contribution in [1.82, 2.24) is 4.90 Å². The Kier molecular flexibility index (Phi) is 7.49. The van der Waals surface area contributed by atoms with E-state index in [1.165, 1.54) is 42.0 Å². The number of amidine groups is 1. The number of anilines is 1. The molecule has 1 aliphatic heterocycles. The van der Waals surface area contributed by atoms with Crippen molar-refractivity contribution in [3.05, 3.63) is 70.3 Å². The molecule has 10 heteroatoms. The highest BCUT2D eigenvalue weighted by Gasteiger charge is 2.38. The van der Waals surface area contributed by atoms with E-state index in [9.17, 15) is 19.7 Å². The van der Waals surface area contributed by atoms with Crippen LogP contribution in [-0.4, -0.2) is 45.7 Å². The summed E-state index contributed by atoms with van der Waals surface area (Å²) in [6.07, 6.45) is 1.47. The van der Waals surface area contributed by atoms with Gasteiger partial charge in [0, 0.05) is 25.1 Å². The third-order valence-corrected chi connectivity index (χ3v) is 6.11. The fourth-order valence-electron chi connectivity index (χ4n) is 3.33. The van der Waals surface area contributed by atoms with Gasteiger partial charge in [-0.2, -0.15) is 0 Å². The van der Waals surface area contributed by atoms with Crippen LogP contribution in [0.4, 0.5) is 17.1 Å². The van der Waals surface area contributed by atoms with Gasteiger partial charge >= 0.3 is 0 Å². The van der Waals surface area contributed by atoms with Gasteiger partial charge in [0.2, 0.25) is 11.8 Å². The number of ether oxygens (including phenoxy) is 1. The number of benzene rings is 2. The van der Waals surface area contributed by atoms with Crippen molar-refractivity contribution >= 4 is 45.8 Å². The van der Waals surface area contributed by atoms with Crippen molar-refractivity contribution in [2.45, 2.75) is 25.5 Å². The molecule has 1 unspecified atom stereocenters. The number of nitro benzene ring substituents is 1. The highest BCUT2D eigenvalue weighted by atomic mass is 32.2. The lowest BCUT2D eigenvalue weighted by molar-refractivity contribution is -0.384. The molecule has 2 aromatic rings. The maximum absolute atomic E-state index is 13.0. The molecule has 0 radical (unpaired) electrons. The van der Waals surface area contributed by atoms with Crippen LogP contribution in [0.2, 0.25) is 0 Å². The molecule has 0 aliphatic carbocycles. The molecule has 2 amide bonds. The van der Waals surface area contributed by atoms with Crippen LogP contribution in [-0.2, 0) is 9.59 Å². The topological polar surface area (TPSA) is 114 Å². The van der Waals surface area contributed by atoms with E-state index in [0.29, 0.717) is 5.17 Å². The third-order valence-electron chi connectivity index (χ3n) is 4.94. The predicted molar refractivity (Wildman–Crippen MR) is 129 cm³/mol. The molecule has 3 rings (SSSR count). The number of thioether (sulfide) groups is 1. The first kappa shape index (κ1) is 24.0. The van der Waals surface area contributed by atoms with E-state index in [1.807, 2.05) is 32.0 Å². The van der Waals surface area contributed by atoms with E-state index in [0.717, 1.165) is 16.8 Å². The van der Waals surface area contributed by atoms with Crippen LogP contribution in [0.25, 0.3) is 0 Å². The van der Waals surface area contributed by atoms with E-state index in [2.05, 4.69) is 16.9 Å². The molecule has 1 heterocycles. The third kappa shape index (κ3) is 5.58. The van der Waals surface area contributed by atoms with Gasteiger partial charge < -0.3 is 10.1 Å². The van der Waals surface area contributed by atoms with Gasteiger partial charge in [-0.15, -0.1) is 6.58 Å². The second kappa shape index (κ2) is 10.3. The Hall–Kier alpha value is -3.66. The first-order valence-electron chi connectivity index (χ1n) is 10.1. The normalized spacial score (nSPS) is 16.7. The SMILES string of the molecule is C=CCN1C(=O)C(CC(=O)Nc2cc([N+](=O)[O-])ccc2OC)SC1=Nc1ccc(C)cc1C. The Morgan fingerprint density at radius 3 is 2.73 bits per heavy atom. The fraction of sp³-hybridized carbons (Fsp3) is 0.261. The smallest absolute Gasteiger partial charge is 0.271 e. The zero-order valence-electron chi connectivity index (χ0n) is 18.5. The number of nitro groups is 1. The number of aryl methyl sites for hydroxylation is 2. The molecule has 1 saturated heterocycles. The second-order valence-corrected chi connectivity index (χ2v) is 8.59. The number of hydrogen-bond donors (Lipinski definition) is 1. The average molecular weight is 469 g/mol. The van der Waals surface area contributed by atoms with Gasteiger partial charge in [-0.25, -0.2) is 4.99 Å². The van der Waals surface area contributed by atoms with Crippen molar-refractivity contribution in [3.63, 3.8) is 0 Å². The van der Waals surface area contributed by atoms with Crippen molar-refractivity contribution in [1.29, 1.82) is 0 Å². The second-order valence-electron chi connectivity index (χ2n) is 7.42. The molecule has 0 aromatic heterocycles. The Morgan fingerprint density at radius 2 is 2.09 bits per heavy atom. The van der Waals surface area contributed by atoms with E-state index >= 15 is 0 Å². The molecule has 1 atom stereocenters. The number of amides is 2. The number of aliphatic imine (C=N–C) groups is 1. The van der Waals surface area contributed by atoms with Gasteiger partial charge in [-0.05, 0) is 31.5 Å². The number of rotatable bonds is 8. The zero-order valence-corrected chi connectivity index (χ0v) is 19.3. The fourth-order valence-corrected chi connectivity index (χ4v) is 4.49. The molecule has 1 aliphatic rings. The van der Waals surface area contributed by atoms with E-state index in [-0.39, 0.29) is 36.0 Å². The lowest BCUT2D eigenvalue weighted by Gasteiger charge is -2.14. The van der Waals surface area contributed by atoms with E-state index in [4.69, 9.17) is 4.74 Å². The predicted octanol–water partition coefficient (Wildman–Crippen LogP) is 4.37. The Labute approximate surface area is 195 Å². The van der Waals surface area contributed by atoms with Crippen molar-refractivity contribution in [2.24, 2.45) is 4.99 Å². The molecular weight excluding hydrogens is 444 g/mol. The largest absolute Gasteiger partial charge is 0.495 e. The number of carbonyl (C=O) groups is 2. The number of non-ortho nitro benzene ring substituents is 1. The van der Waals surface area contributed by atoms with Gasteiger partial charge in [0.1, 0.15) is 11.0 Å². The van der Waals surface area contributed by atoms with Gasteiger partial charge in [-0.1, -0.05) is 35.5 Å². The van der Waals surface area contributed by atoms with E-state index < -0.39 is 16.1 Å². The number of nitrogens with one attached hydrogen (secondary N) is 1. The summed E-state index contributed by atoms with van der Waals surface area (Å²) in [5.41, 5.74) is 2.82. The van der Waals surface area contributed by atoms with E-state index in [1.54, 1.807) is 6.08 Å². The Morgan fingerprint density at radius 1 is 1.33 bits per heavy atom. The minimum atomic E-state index is -0.681. The van der Waals surface area contributed by atoms with Gasteiger partial charge in [0.05, 0.1) is 23.4 Å². The lowest BCUT2D eigenvalue weighted by atomic mass is 10.1. The van der Waals surface area contributed by atoms with Crippen LogP contribution in [0.3, 0.4) is 0 Å². The van der Waals surface area contributed by atoms with Crippen LogP contribution in [0.1, 0.15) is 17.5 Å². The molecule has 2 aromatic carbocycles. The van der Waals surface area contributed by atoms with Gasteiger partial charge in [0.25, 0.3) is 5.69 Å². The molecule has 0 spiro atoms. The first-order chi connectivity index (χ1) is 15.7. The molecule has 1 N–H and O–H groups in total. The van der Waals surface area contributed by atoms with Crippen molar-refractivity contribution in [3.8, 4) is 5.75 Å². The summed E-state index contributed by atoms with van der Waals surface area (Å²) in [4.78, 5) is 42.3. The maximum Gasteiger partial charge on any atom is 0.271 e. The molecule has 0 saturated carbocycles. The highest BCUT2D eigenvalue weighted by molar-refractivity contribution is 8.15. The Balaban J connectivity index is 1.80. The number of nitrogens with zero attached hydrogens (tertiary/aromatic N) is 3. The number of methoxy groups -OCH3 is 1. The monoisotopic (exact) mass is 468 g/mol. The standard InChI is InChI=1S/C23H24N4O5S/c1-5-10-26-22(29)20(33-23(26)25-17-8-6-14(2)11-15(17)3)13-21(28)24-18-12-16(27(30)31)7-9-19(18)32-4/h5-9,11-12,20H,1,10,13H2,2-4H3,(H,24,28). The minimum absolute atomic E-state index is 0.130. The van der Waals surface area contributed by atoms with Crippen molar-refractivity contribution in [2.75, 3.05) is 19.0 Å². The summed E-state index contributed by atoms with van der Waals surface area (Å²) in [7, 11) is 1.40. The summed E-state index contributed by atoms with van der Waals surface area (Å²) in [5.74, 6) is -0.430. The summed E-state index contributed by atoms with van der Waals surface area (Å²) in [6.45, 7) is 7.92. The average Bonchev–Trinajstić information content (AvgIpc) is 3.04. The zero-order chi connectivity index (χ0) is 24.1. The minimum Gasteiger partial charge on any atom is -0.495 e. The molecule has 0 bridgehead atoms. The van der Waals surface area contributed by atoms with Gasteiger partial charge in [-0.3, -0.25) is 24.6 Å². The summed E-state index contributed by atoms with van der Waals surface area (Å²) in [5, 5.41) is 13.5. The molecule has 1 fully saturated rings. The van der Waals surface area contributed by atoms with Crippen LogP contribution in [0.15, 0.2) is 54.0 Å². The summed E-state index contributed by atoms with van der Waals surface area (Å²) >= 11 is 1.21. The molecule has 9 nitrogen and oxygen atoms in total. The molecule has 172 valence electrons. The lowest BCUT2D eigenvalue weighted by Crippen LogP contribution is -2.33. The molecule has 33 heavy (non-hydrogen) atoms. The maximum atomic E-state index is 13.0. The molecular formula is C23H24N4O5S. The summed E-state index contributed by atoms with van der Waals surface area (Å²) < 4.78 is 5.18. The van der Waals surface area contributed by atoms with Crippen LogP contribution >= 0.6 is 11.8 Å². The highest BCUT2D eigenvalue weighted by Crippen LogP contribution is 2.34. The first-order valence-corrected chi connectivity index (χ1v) is 11.0. The van der Waals surface area contributed by atoms with Crippen LogP contribution in [0, 0.1) is 24.0 Å².